The standard InChI is InChI=1S/C13H16FN5/c1-9(10-5-3-2-4-6-10)7-16-12-11(14)8-17-13(18-12)19-15/h2-6,8-9H,7,15H2,1H3,(H2,16,17,18,19). The van der Waals surface area contributed by atoms with E-state index in [0.717, 1.165) is 6.20 Å². The Balaban J connectivity index is 2.02. The molecule has 0 saturated carbocycles. The fraction of sp³-hybridized carbons (Fsp3) is 0.231. The van der Waals surface area contributed by atoms with E-state index in [1.54, 1.807) is 0 Å². The van der Waals surface area contributed by atoms with Gasteiger partial charge in [0.25, 0.3) is 0 Å². The molecule has 100 valence electrons. The van der Waals surface area contributed by atoms with E-state index in [1.165, 1.54) is 5.56 Å². The number of halogens is 1. The summed E-state index contributed by atoms with van der Waals surface area (Å²) in [5.74, 6) is 5.25. The smallest absolute Gasteiger partial charge is 0.239 e. The molecule has 0 bridgehead atoms. The van der Waals surface area contributed by atoms with Crippen LogP contribution >= 0.6 is 0 Å². The number of aromatic nitrogens is 2. The van der Waals surface area contributed by atoms with Crippen LogP contribution in [0.3, 0.4) is 0 Å². The molecule has 0 spiro atoms. The number of hydrogen-bond donors (Lipinski definition) is 3. The lowest BCUT2D eigenvalue weighted by Gasteiger charge is -2.14. The molecule has 1 aromatic heterocycles. The Morgan fingerprint density at radius 2 is 2.05 bits per heavy atom. The molecule has 0 saturated heterocycles. The van der Waals surface area contributed by atoms with Crippen LogP contribution in [0.5, 0.6) is 0 Å². The number of hydrogen-bond acceptors (Lipinski definition) is 5. The highest BCUT2D eigenvalue weighted by atomic mass is 19.1. The Morgan fingerprint density at radius 3 is 2.74 bits per heavy atom. The maximum atomic E-state index is 13.5. The molecule has 2 rings (SSSR count). The van der Waals surface area contributed by atoms with Crippen LogP contribution in [-0.4, -0.2) is 16.5 Å². The Hall–Kier alpha value is -2.21. The van der Waals surface area contributed by atoms with Crippen molar-refractivity contribution in [3.63, 3.8) is 0 Å². The summed E-state index contributed by atoms with van der Waals surface area (Å²) in [4.78, 5) is 7.60. The lowest BCUT2D eigenvalue weighted by atomic mass is 10.0. The molecule has 0 aliphatic heterocycles. The topological polar surface area (TPSA) is 75.9 Å². The second-order valence-electron chi connectivity index (χ2n) is 4.23. The SMILES string of the molecule is CC(CNc1nc(NN)ncc1F)c1ccccc1. The van der Waals surface area contributed by atoms with Crippen molar-refractivity contribution in [1.29, 1.82) is 0 Å². The van der Waals surface area contributed by atoms with Crippen LogP contribution in [-0.2, 0) is 0 Å². The van der Waals surface area contributed by atoms with Gasteiger partial charge in [0.2, 0.25) is 5.95 Å². The molecule has 1 atom stereocenters. The maximum Gasteiger partial charge on any atom is 0.239 e. The summed E-state index contributed by atoms with van der Waals surface area (Å²) in [6.45, 7) is 2.63. The molecule has 0 amide bonds. The molecule has 19 heavy (non-hydrogen) atoms. The van der Waals surface area contributed by atoms with E-state index in [0.29, 0.717) is 6.54 Å². The average Bonchev–Trinajstić information content (AvgIpc) is 2.47. The first-order valence-electron chi connectivity index (χ1n) is 5.98. The minimum atomic E-state index is -0.501. The van der Waals surface area contributed by atoms with E-state index in [9.17, 15) is 4.39 Å². The van der Waals surface area contributed by atoms with E-state index in [2.05, 4.69) is 27.6 Å². The summed E-state index contributed by atoms with van der Waals surface area (Å²) >= 11 is 0. The first-order chi connectivity index (χ1) is 9.20. The average molecular weight is 261 g/mol. The van der Waals surface area contributed by atoms with E-state index >= 15 is 0 Å². The number of rotatable bonds is 5. The summed E-state index contributed by atoms with van der Waals surface area (Å²) in [6, 6.07) is 10.00. The molecule has 1 heterocycles. The molecule has 0 aliphatic carbocycles. The molecular formula is C13H16FN5. The number of nitrogens with one attached hydrogen (secondary N) is 2. The van der Waals surface area contributed by atoms with Crippen molar-refractivity contribution < 1.29 is 4.39 Å². The predicted octanol–water partition coefficient (Wildman–Crippen LogP) is 2.12. The van der Waals surface area contributed by atoms with Crippen LogP contribution in [0, 0.1) is 5.82 Å². The second kappa shape index (κ2) is 6.10. The van der Waals surface area contributed by atoms with Crippen LogP contribution in [0.4, 0.5) is 16.2 Å². The Bertz CT molecular complexity index is 532. The van der Waals surface area contributed by atoms with Crippen LogP contribution in [0.15, 0.2) is 36.5 Å². The van der Waals surface area contributed by atoms with Gasteiger partial charge in [0, 0.05) is 6.54 Å². The molecule has 0 aliphatic rings. The quantitative estimate of drug-likeness (QED) is 0.567. The highest BCUT2D eigenvalue weighted by Gasteiger charge is 2.09. The molecule has 0 radical (unpaired) electrons. The third-order valence-corrected chi connectivity index (χ3v) is 2.82. The van der Waals surface area contributed by atoms with Crippen molar-refractivity contribution in [3.8, 4) is 0 Å². The van der Waals surface area contributed by atoms with Gasteiger partial charge in [-0.1, -0.05) is 37.3 Å². The third-order valence-electron chi connectivity index (χ3n) is 2.82. The number of hydrazine groups is 1. The van der Waals surface area contributed by atoms with Crippen LogP contribution in [0.25, 0.3) is 0 Å². The van der Waals surface area contributed by atoms with Gasteiger partial charge in [-0.05, 0) is 11.5 Å². The summed E-state index contributed by atoms with van der Waals surface area (Å²) in [5, 5.41) is 2.96. The first-order valence-corrected chi connectivity index (χ1v) is 5.98. The van der Waals surface area contributed by atoms with Crippen molar-refractivity contribution in [2.75, 3.05) is 17.3 Å². The molecule has 2 aromatic rings. The maximum absolute atomic E-state index is 13.5. The van der Waals surface area contributed by atoms with Gasteiger partial charge in [-0.15, -0.1) is 0 Å². The zero-order valence-corrected chi connectivity index (χ0v) is 10.6. The Kier molecular flexibility index (Phi) is 4.25. The summed E-state index contributed by atoms with van der Waals surface area (Å²) in [7, 11) is 0. The zero-order valence-electron chi connectivity index (χ0n) is 10.6. The molecular weight excluding hydrogens is 245 g/mol. The van der Waals surface area contributed by atoms with Crippen molar-refractivity contribution in [3.05, 3.63) is 47.9 Å². The van der Waals surface area contributed by atoms with Crippen LogP contribution < -0.4 is 16.6 Å². The number of anilines is 2. The van der Waals surface area contributed by atoms with E-state index in [1.807, 2.05) is 30.3 Å². The van der Waals surface area contributed by atoms with Gasteiger partial charge in [0.1, 0.15) is 0 Å². The van der Waals surface area contributed by atoms with Gasteiger partial charge < -0.3 is 5.32 Å². The minimum Gasteiger partial charge on any atom is -0.367 e. The molecule has 6 heteroatoms. The second-order valence-corrected chi connectivity index (χ2v) is 4.23. The lowest BCUT2D eigenvalue weighted by molar-refractivity contribution is 0.615. The molecule has 1 unspecified atom stereocenters. The van der Waals surface area contributed by atoms with Gasteiger partial charge in [0.05, 0.1) is 6.20 Å². The molecule has 5 nitrogen and oxygen atoms in total. The van der Waals surface area contributed by atoms with E-state index < -0.39 is 5.82 Å². The van der Waals surface area contributed by atoms with Gasteiger partial charge >= 0.3 is 0 Å². The highest BCUT2D eigenvalue weighted by molar-refractivity contribution is 5.41. The lowest BCUT2D eigenvalue weighted by Crippen LogP contribution is -2.15. The predicted molar refractivity (Wildman–Crippen MR) is 73.1 cm³/mol. The number of nitrogens with two attached hydrogens (primary N) is 1. The molecule has 0 fully saturated rings. The van der Waals surface area contributed by atoms with Crippen LogP contribution in [0.1, 0.15) is 18.4 Å². The third kappa shape index (κ3) is 3.38. The van der Waals surface area contributed by atoms with Crippen molar-refractivity contribution in [1.82, 2.24) is 9.97 Å². The van der Waals surface area contributed by atoms with Crippen molar-refractivity contribution in [2.45, 2.75) is 12.8 Å². The Labute approximate surface area is 111 Å². The molecule has 4 N–H and O–H groups in total. The molecule has 1 aromatic carbocycles. The largest absolute Gasteiger partial charge is 0.367 e. The minimum absolute atomic E-state index is 0.144. The van der Waals surface area contributed by atoms with Gasteiger partial charge in [-0.2, -0.15) is 4.98 Å². The fourth-order valence-electron chi connectivity index (χ4n) is 1.71. The van der Waals surface area contributed by atoms with Gasteiger partial charge in [0.15, 0.2) is 11.6 Å². The summed E-state index contributed by atoms with van der Waals surface area (Å²) < 4.78 is 13.5. The van der Waals surface area contributed by atoms with Crippen LogP contribution in [0.2, 0.25) is 0 Å². The number of benzene rings is 1. The Morgan fingerprint density at radius 1 is 1.32 bits per heavy atom. The summed E-state index contributed by atoms with van der Waals surface area (Å²) in [6.07, 6.45) is 1.08. The monoisotopic (exact) mass is 261 g/mol. The zero-order chi connectivity index (χ0) is 13.7. The number of nitrogen functional groups attached to an aromatic ring is 1. The van der Waals surface area contributed by atoms with Crippen molar-refractivity contribution in [2.24, 2.45) is 5.84 Å². The number of nitrogens with zero attached hydrogens (tertiary/aromatic N) is 2. The first kappa shape index (κ1) is 13.2. The fourth-order valence-corrected chi connectivity index (χ4v) is 1.71. The normalized spacial score (nSPS) is 11.9. The van der Waals surface area contributed by atoms with Gasteiger partial charge in [-0.3, -0.25) is 5.43 Å². The van der Waals surface area contributed by atoms with Gasteiger partial charge in [-0.25, -0.2) is 15.2 Å². The van der Waals surface area contributed by atoms with E-state index in [-0.39, 0.29) is 17.7 Å². The van der Waals surface area contributed by atoms with E-state index in [4.69, 9.17) is 5.84 Å². The highest BCUT2D eigenvalue weighted by Crippen LogP contribution is 2.17. The van der Waals surface area contributed by atoms with Crippen molar-refractivity contribution >= 4 is 11.8 Å². The summed E-state index contributed by atoms with van der Waals surface area (Å²) in [5.41, 5.74) is 3.47.